The van der Waals surface area contributed by atoms with Crippen LogP contribution in [-0.4, -0.2) is 17.0 Å². The van der Waals surface area contributed by atoms with Crippen molar-refractivity contribution >= 4 is 16.9 Å². The van der Waals surface area contributed by atoms with Crippen LogP contribution in [0.5, 0.6) is 0 Å². The van der Waals surface area contributed by atoms with E-state index in [4.69, 9.17) is 4.42 Å². The monoisotopic (exact) mass is 222 g/mol. The maximum absolute atomic E-state index is 5.25. The number of furan rings is 1. The van der Waals surface area contributed by atoms with Crippen LogP contribution in [0, 0.1) is 5.92 Å². The van der Waals surface area contributed by atoms with Crippen molar-refractivity contribution in [2.75, 3.05) is 6.54 Å². The van der Waals surface area contributed by atoms with Crippen molar-refractivity contribution in [1.82, 2.24) is 5.32 Å². The van der Waals surface area contributed by atoms with Crippen LogP contribution in [0.15, 0.2) is 27.8 Å². The summed E-state index contributed by atoms with van der Waals surface area (Å²) in [6, 6.07) is 3.89. The Kier molecular flexibility index (Phi) is 2.44. The molecule has 1 saturated carbocycles. The van der Waals surface area contributed by atoms with Gasteiger partial charge in [-0.1, -0.05) is 11.8 Å². The highest BCUT2D eigenvalue weighted by molar-refractivity contribution is 8.14. The number of hydrogen-bond acceptors (Lipinski definition) is 4. The number of rotatable bonds is 3. The second-order valence-corrected chi connectivity index (χ2v) is 5.30. The van der Waals surface area contributed by atoms with Crippen molar-refractivity contribution in [3.8, 4) is 0 Å². The molecule has 0 saturated heterocycles. The van der Waals surface area contributed by atoms with Gasteiger partial charge in [0.25, 0.3) is 0 Å². The second kappa shape index (κ2) is 3.93. The molecule has 2 heterocycles. The molecule has 2 aliphatic rings. The lowest BCUT2D eigenvalue weighted by atomic mass is 10.3. The van der Waals surface area contributed by atoms with Gasteiger partial charge in [0.1, 0.15) is 5.76 Å². The quantitative estimate of drug-likeness (QED) is 0.852. The van der Waals surface area contributed by atoms with Crippen LogP contribution in [0.25, 0.3) is 0 Å². The van der Waals surface area contributed by atoms with Gasteiger partial charge in [0.2, 0.25) is 0 Å². The van der Waals surface area contributed by atoms with Crippen molar-refractivity contribution < 1.29 is 4.42 Å². The Morgan fingerprint density at radius 3 is 3.20 bits per heavy atom. The summed E-state index contributed by atoms with van der Waals surface area (Å²) in [5, 5.41) is 5.14. The van der Waals surface area contributed by atoms with Crippen molar-refractivity contribution in [2.45, 2.75) is 24.6 Å². The number of nitrogens with one attached hydrogen (secondary N) is 1. The minimum absolute atomic E-state index is 0.740. The lowest BCUT2D eigenvalue weighted by Gasteiger charge is -2.06. The van der Waals surface area contributed by atoms with Gasteiger partial charge in [-0.05, 0) is 30.9 Å². The highest BCUT2D eigenvalue weighted by atomic mass is 32.2. The minimum Gasteiger partial charge on any atom is -0.467 e. The lowest BCUT2D eigenvalue weighted by molar-refractivity contribution is 0.504. The molecule has 1 fully saturated rings. The first-order valence-corrected chi connectivity index (χ1v) is 6.27. The predicted molar refractivity (Wildman–Crippen MR) is 62.0 cm³/mol. The highest BCUT2D eigenvalue weighted by Crippen LogP contribution is 2.41. The summed E-state index contributed by atoms with van der Waals surface area (Å²) in [6.45, 7) is 1.74. The van der Waals surface area contributed by atoms with Gasteiger partial charge in [0.15, 0.2) is 5.17 Å². The van der Waals surface area contributed by atoms with Crippen LogP contribution in [0.3, 0.4) is 0 Å². The van der Waals surface area contributed by atoms with Gasteiger partial charge in [0, 0.05) is 5.25 Å². The zero-order chi connectivity index (χ0) is 10.1. The van der Waals surface area contributed by atoms with Crippen LogP contribution in [-0.2, 0) is 6.54 Å². The van der Waals surface area contributed by atoms with E-state index < -0.39 is 0 Å². The second-order valence-electron chi connectivity index (χ2n) is 4.07. The average Bonchev–Trinajstić information content (AvgIpc) is 2.82. The fourth-order valence-corrected chi connectivity index (χ4v) is 2.98. The van der Waals surface area contributed by atoms with E-state index in [0.29, 0.717) is 0 Å². The number of amidine groups is 1. The van der Waals surface area contributed by atoms with E-state index in [2.05, 4.69) is 10.3 Å². The Morgan fingerprint density at radius 1 is 1.53 bits per heavy atom. The molecular weight excluding hydrogens is 208 g/mol. The molecule has 15 heavy (non-hydrogen) atoms. The van der Waals surface area contributed by atoms with E-state index in [1.165, 1.54) is 12.8 Å². The SMILES string of the molecule is c1coc(CNC2=NCC(C3CC3)S2)c1. The maximum atomic E-state index is 5.25. The number of hydrogen-bond donors (Lipinski definition) is 1. The van der Waals surface area contributed by atoms with Gasteiger partial charge in [0.05, 0.1) is 19.4 Å². The lowest BCUT2D eigenvalue weighted by Crippen LogP contribution is -2.18. The molecule has 1 N–H and O–H groups in total. The van der Waals surface area contributed by atoms with Crippen LogP contribution in [0.4, 0.5) is 0 Å². The van der Waals surface area contributed by atoms with Gasteiger partial charge >= 0.3 is 0 Å². The third kappa shape index (κ3) is 2.20. The largest absolute Gasteiger partial charge is 0.467 e. The molecule has 0 amide bonds. The number of nitrogens with zero attached hydrogens (tertiary/aromatic N) is 1. The van der Waals surface area contributed by atoms with E-state index in [-0.39, 0.29) is 0 Å². The van der Waals surface area contributed by atoms with Crippen LogP contribution >= 0.6 is 11.8 Å². The van der Waals surface area contributed by atoms with Gasteiger partial charge in [-0.2, -0.15) is 0 Å². The minimum atomic E-state index is 0.740. The predicted octanol–water partition coefficient (Wildman–Crippen LogP) is 2.25. The van der Waals surface area contributed by atoms with E-state index in [1.807, 2.05) is 23.9 Å². The number of thioether (sulfide) groups is 1. The van der Waals surface area contributed by atoms with Gasteiger partial charge < -0.3 is 9.73 Å². The molecule has 3 nitrogen and oxygen atoms in total. The molecular formula is C11H14N2OS. The molecule has 4 heteroatoms. The van der Waals surface area contributed by atoms with Gasteiger partial charge in [-0.15, -0.1) is 0 Å². The molecule has 1 unspecified atom stereocenters. The van der Waals surface area contributed by atoms with E-state index in [0.717, 1.165) is 35.2 Å². The fraction of sp³-hybridized carbons (Fsp3) is 0.545. The molecule has 1 aliphatic heterocycles. The standard InChI is InChI=1S/C11H14N2OS/c1-2-9(14-5-1)6-12-11-13-7-10(15-11)8-3-4-8/h1-2,5,8,10H,3-4,6-7H2,(H,12,13). The maximum Gasteiger partial charge on any atom is 0.157 e. The summed E-state index contributed by atoms with van der Waals surface area (Å²) in [4.78, 5) is 4.50. The Morgan fingerprint density at radius 2 is 2.47 bits per heavy atom. The van der Waals surface area contributed by atoms with Crippen molar-refractivity contribution in [2.24, 2.45) is 10.9 Å². The first-order valence-electron chi connectivity index (χ1n) is 5.39. The summed E-state index contributed by atoms with van der Waals surface area (Å²) in [7, 11) is 0. The summed E-state index contributed by atoms with van der Waals surface area (Å²) >= 11 is 1.90. The van der Waals surface area contributed by atoms with E-state index in [9.17, 15) is 0 Å². The van der Waals surface area contributed by atoms with Crippen LogP contribution in [0.2, 0.25) is 0 Å². The topological polar surface area (TPSA) is 37.5 Å². The zero-order valence-electron chi connectivity index (χ0n) is 8.48. The molecule has 0 spiro atoms. The van der Waals surface area contributed by atoms with Crippen LogP contribution < -0.4 is 5.32 Å². The summed E-state index contributed by atoms with van der Waals surface area (Å²) in [5.74, 6) is 1.90. The fourth-order valence-electron chi connectivity index (χ4n) is 1.78. The van der Waals surface area contributed by atoms with Crippen molar-refractivity contribution in [3.63, 3.8) is 0 Å². The van der Waals surface area contributed by atoms with Crippen LogP contribution in [0.1, 0.15) is 18.6 Å². The Balaban J connectivity index is 1.48. The number of aliphatic imine (C=N–C) groups is 1. The molecule has 80 valence electrons. The molecule has 1 aromatic heterocycles. The molecule has 0 radical (unpaired) electrons. The first kappa shape index (κ1) is 9.33. The molecule has 1 aromatic rings. The summed E-state index contributed by atoms with van der Waals surface area (Å²) < 4.78 is 5.25. The smallest absolute Gasteiger partial charge is 0.157 e. The third-order valence-electron chi connectivity index (χ3n) is 2.82. The molecule has 0 aromatic carbocycles. The van der Waals surface area contributed by atoms with E-state index in [1.54, 1.807) is 6.26 Å². The van der Waals surface area contributed by atoms with E-state index >= 15 is 0 Å². The normalized spacial score (nSPS) is 25.3. The molecule has 1 aliphatic carbocycles. The average molecular weight is 222 g/mol. The molecule has 0 bridgehead atoms. The molecule has 1 atom stereocenters. The summed E-state index contributed by atoms with van der Waals surface area (Å²) in [5.41, 5.74) is 0. The Bertz CT molecular complexity index is 357. The Labute approximate surface area is 93.3 Å². The third-order valence-corrected chi connectivity index (χ3v) is 4.15. The van der Waals surface area contributed by atoms with Crippen molar-refractivity contribution in [3.05, 3.63) is 24.2 Å². The molecule has 3 rings (SSSR count). The zero-order valence-corrected chi connectivity index (χ0v) is 9.30. The Hall–Kier alpha value is -0.900. The van der Waals surface area contributed by atoms with Gasteiger partial charge in [-0.25, -0.2) is 0 Å². The van der Waals surface area contributed by atoms with Crippen molar-refractivity contribution in [1.29, 1.82) is 0 Å². The van der Waals surface area contributed by atoms with Gasteiger partial charge in [-0.3, -0.25) is 4.99 Å². The highest BCUT2D eigenvalue weighted by Gasteiger charge is 2.35. The summed E-state index contributed by atoms with van der Waals surface area (Å²) in [6.07, 6.45) is 4.50. The first-order chi connectivity index (χ1) is 7.42.